The highest BCUT2D eigenvalue weighted by atomic mass is 16.2. The van der Waals surface area contributed by atoms with E-state index in [4.69, 9.17) is 0 Å². The van der Waals surface area contributed by atoms with Crippen LogP contribution in [0.25, 0.3) is 0 Å². The van der Waals surface area contributed by atoms with Crippen molar-refractivity contribution < 1.29 is 4.79 Å². The molecule has 4 heteroatoms. The smallest absolute Gasteiger partial charge is 0.237 e. The molecule has 2 aromatic carbocycles. The van der Waals surface area contributed by atoms with Crippen LogP contribution in [0, 0.1) is 0 Å². The van der Waals surface area contributed by atoms with Crippen molar-refractivity contribution >= 4 is 5.91 Å². The molecule has 2 bridgehead atoms. The zero-order valence-corrected chi connectivity index (χ0v) is 20.2. The van der Waals surface area contributed by atoms with Crippen LogP contribution in [0.4, 0.5) is 0 Å². The van der Waals surface area contributed by atoms with Crippen molar-refractivity contribution in [2.24, 2.45) is 0 Å². The van der Waals surface area contributed by atoms with Crippen LogP contribution in [-0.4, -0.2) is 72.5 Å². The fourth-order valence-corrected chi connectivity index (χ4v) is 6.18. The van der Waals surface area contributed by atoms with Gasteiger partial charge in [0.25, 0.3) is 0 Å². The Hall–Kier alpha value is -2.17. The number of carbonyl (C=O) groups is 1. The molecular formula is C28H39N3O. The van der Waals surface area contributed by atoms with E-state index < -0.39 is 0 Å². The molecular weight excluding hydrogens is 394 g/mol. The molecule has 2 aromatic rings. The fraction of sp³-hybridized carbons (Fsp3) is 0.536. The molecule has 32 heavy (non-hydrogen) atoms. The Labute approximate surface area is 194 Å². The maximum atomic E-state index is 13.8. The predicted molar refractivity (Wildman–Crippen MR) is 132 cm³/mol. The molecule has 3 aliphatic rings. The SMILES string of the molecule is CCN(CC)CC(=O)N1CCC2(N(C)C)CC(c3ccccc3)C1C(c1ccccc1)C2. The van der Waals surface area contributed by atoms with Crippen LogP contribution in [0.5, 0.6) is 0 Å². The summed E-state index contributed by atoms with van der Waals surface area (Å²) in [6, 6.07) is 22.0. The Bertz CT molecular complexity index is 829. The van der Waals surface area contributed by atoms with Crippen molar-refractivity contribution in [2.45, 2.75) is 56.5 Å². The van der Waals surface area contributed by atoms with Crippen molar-refractivity contribution in [1.29, 1.82) is 0 Å². The van der Waals surface area contributed by atoms with Gasteiger partial charge in [0.15, 0.2) is 0 Å². The normalized spacial score (nSPS) is 27.7. The van der Waals surface area contributed by atoms with Crippen molar-refractivity contribution in [3.05, 3.63) is 71.8 Å². The molecule has 2 unspecified atom stereocenters. The largest absolute Gasteiger partial charge is 0.337 e. The Morgan fingerprint density at radius 1 is 0.906 bits per heavy atom. The Morgan fingerprint density at radius 2 is 1.41 bits per heavy atom. The van der Waals surface area contributed by atoms with Crippen molar-refractivity contribution in [3.8, 4) is 0 Å². The van der Waals surface area contributed by atoms with Gasteiger partial charge in [0.1, 0.15) is 0 Å². The molecule has 1 amide bonds. The van der Waals surface area contributed by atoms with E-state index in [1.807, 2.05) is 0 Å². The second-order valence-corrected chi connectivity index (χ2v) is 9.85. The summed E-state index contributed by atoms with van der Waals surface area (Å²) in [5.41, 5.74) is 2.83. The topological polar surface area (TPSA) is 26.8 Å². The summed E-state index contributed by atoms with van der Waals surface area (Å²) < 4.78 is 0. The van der Waals surface area contributed by atoms with Gasteiger partial charge in [-0.25, -0.2) is 0 Å². The second kappa shape index (κ2) is 9.76. The van der Waals surface area contributed by atoms with Crippen LogP contribution in [0.3, 0.4) is 0 Å². The summed E-state index contributed by atoms with van der Waals surface area (Å²) in [7, 11) is 4.47. The van der Waals surface area contributed by atoms with Gasteiger partial charge < -0.3 is 9.80 Å². The minimum atomic E-state index is 0.0990. The number of likely N-dealkylation sites (N-methyl/N-ethyl adjacent to an activating group) is 1. The lowest BCUT2D eigenvalue weighted by Gasteiger charge is -2.51. The molecule has 0 aromatic heterocycles. The maximum absolute atomic E-state index is 13.8. The highest BCUT2D eigenvalue weighted by molar-refractivity contribution is 5.79. The Balaban J connectivity index is 1.81. The van der Waals surface area contributed by atoms with Crippen molar-refractivity contribution in [3.63, 3.8) is 0 Å². The van der Waals surface area contributed by atoms with Crippen LogP contribution in [0.15, 0.2) is 60.7 Å². The van der Waals surface area contributed by atoms with Crippen LogP contribution >= 0.6 is 0 Å². The maximum Gasteiger partial charge on any atom is 0.237 e. The number of fused-ring (bicyclic) bond motifs is 4. The molecule has 2 saturated heterocycles. The summed E-state index contributed by atoms with van der Waals surface area (Å²) in [5, 5.41) is 0. The van der Waals surface area contributed by atoms with E-state index in [1.165, 1.54) is 11.1 Å². The zero-order valence-electron chi connectivity index (χ0n) is 20.2. The van der Waals surface area contributed by atoms with Crippen molar-refractivity contribution in [2.75, 3.05) is 40.3 Å². The quantitative estimate of drug-likeness (QED) is 0.639. The first-order valence-electron chi connectivity index (χ1n) is 12.3. The average molecular weight is 434 g/mol. The first kappa shape index (κ1) is 23.0. The van der Waals surface area contributed by atoms with E-state index >= 15 is 0 Å². The number of amides is 1. The van der Waals surface area contributed by atoms with Gasteiger partial charge in [-0.15, -0.1) is 0 Å². The second-order valence-electron chi connectivity index (χ2n) is 9.85. The predicted octanol–water partition coefficient (Wildman–Crippen LogP) is 4.59. The van der Waals surface area contributed by atoms with Gasteiger partial charge in [-0.2, -0.15) is 0 Å². The van der Waals surface area contributed by atoms with Gasteiger partial charge in [0.2, 0.25) is 5.91 Å². The van der Waals surface area contributed by atoms with Crippen molar-refractivity contribution in [1.82, 2.24) is 14.7 Å². The molecule has 4 nitrogen and oxygen atoms in total. The summed E-state index contributed by atoms with van der Waals surface area (Å²) in [5.74, 6) is 0.957. The molecule has 2 atom stereocenters. The van der Waals surface area contributed by atoms with E-state index in [1.54, 1.807) is 0 Å². The minimum absolute atomic E-state index is 0.0990. The molecule has 1 aliphatic carbocycles. The van der Waals surface area contributed by atoms with Crippen LogP contribution in [0.2, 0.25) is 0 Å². The van der Waals surface area contributed by atoms with E-state index in [0.717, 1.165) is 38.9 Å². The van der Waals surface area contributed by atoms with Crippen LogP contribution < -0.4 is 0 Å². The molecule has 3 fully saturated rings. The molecule has 1 saturated carbocycles. The highest BCUT2D eigenvalue weighted by Gasteiger charge is 2.53. The molecule has 2 aliphatic heterocycles. The highest BCUT2D eigenvalue weighted by Crippen LogP contribution is 2.53. The number of benzene rings is 2. The van der Waals surface area contributed by atoms with Gasteiger partial charge in [-0.1, -0.05) is 74.5 Å². The van der Waals surface area contributed by atoms with Gasteiger partial charge in [-0.3, -0.25) is 9.69 Å². The summed E-state index contributed by atoms with van der Waals surface area (Å²) in [4.78, 5) is 20.7. The van der Waals surface area contributed by atoms with Gasteiger partial charge in [0, 0.05) is 30.0 Å². The lowest BCUT2D eigenvalue weighted by molar-refractivity contribution is -0.135. The van der Waals surface area contributed by atoms with Gasteiger partial charge in [-0.05, 0) is 57.6 Å². The number of hydrogen-bond donors (Lipinski definition) is 0. The standard InChI is InChI=1S/C28H39N3O/c1-5-30(6-2)21-26(32)31-18-17-28(29(3)4)19-24(22-13-9-7-10-14-22)27(31)25(20-28)23-15-11-8-12-16-23/h7-16,24-25,27H,5-6,17-21H2,1-4H3. The van der Waals surface area contributed by atoms with Crippen LogP contribution in [0.1, 0.15) is 56.1 Å². The number of hydrogen-bond acceptors (Lipinski definition) is 3. The fourth-order valence-electron chi connectivity index (χ4n) is 6.18. The van der Waals surface area contributed by atoms with E-state index in [0.29, 0.717) is 18.4 Å². The first-order valence-corrected chi connectivity index (χ1v) is 12.3. The molecule has 172 valence electrons. The number of nitrogens with zero attached hydrogens (tertiary/aromatic N) is 3. The van der Waals surface area contributed by atoms with E-state index in [9.17, 15) is 4.79 Å². The van der Waals surface area contributed by atoms with E-state index in [-0.39, 0.29) is 17.5 Å². The third-order valence-electron chi connectivity index (χ3n) is 8.18. The monoisotopic (exact) mass is 433 g/mol. The lowest BCUT2D eigenvalue weighted by atomic mass is 9.63. The molecule has 2 heterocycles. The van der Waals surface area contributed by atoms with Gasteiger partial charge in [0.05, 0.1) is 6.54 Å². The molecule has 0 radical (unpaired) electrons. The number of rotatable bonds is 7. The third kappa shape index (κ3) is 4.35. The first-order chi connectivity index (χ1) is 15.5. The molecule has 0 spiro atoms. The third-order valence-corrected chi connectivity index (χ3v) is 8.18. The zero-order chi connectivity index (χ0) is 22.7. The van der Waals surface area contributed by atoms with E-state index in [2.05, 4.69) is 103 Å². The summed E-state index contributed by atoms with van der Waals surface area (Å²) >= 11 is 0. The minimum Gasteiger partial charge on any atom is -0.337 e. The lowest BCUT2D eigenvalue weighted by Crippen LogP contribution is -2.54. The molecule has 5 rings (SSSR count). The average Bonchev–Trinajstić information content (AvgIpc) is 3.12. The van der Waals surface area contributed by atoms with Crippen LogP contribution in [-0.2, 0) is 4.79 Å². The Morgan fingerprint density at radius 3 is 1.84 bits per heavy atom. The number of carbonyl (C=O) groups excluding carboxylic acids is 1. The molecule has 0 N–H and O–H groups in total. The Kier molecular flexibility index (Phi) is 7.02. The summed E-state index contributed by atoms with van der Waals surface area (Å²) in [6.45, 7) is 7.47. The van der Waals surface area contributed by atoms with Gasteiger partial charge >= 0.3 is 0 Å². The summed E-state index contributed by atoms with van der Waals surface area (Å²) in [6.07, 6.45) is 3.24.